The molecule has 2 atom stereocenters. The second-order valence-corrected chi connectivity index (χ2v) is 4.96. The van der Waals surface area contributed by atoms with Crippen LogP contribution in [-0.4, -0.2) is 44.3 Å². The summed E-state index contributed by atoms with van der Waals surface area (Å²) in [5.41, 5.74) is 0.688. The Balaban J connectivity index is 1.85. The molecule has 110 valence electrons. The molecule has 6 nitrogen and oxygen atoms in total. The van der Waals surface area contributed by atoms with Gasteiger partial charge in [-0.2, -0.15) is 0 Å². The predicted molar refractivity (Wildman–Crippen MR) is 75.8 cm³/mol. The van der Waals surface area contributed by atoms with Gasteiger partial charge in [-0.05, 0) is 18.5 Å². The first-order valence-electron chi connectivity index (χ1n) is 6.80. The molecule has 1 amide bonds. The number of ether oxygens (including phenoxy) is 2. The number of nitrogens with one attached hydrogen (secondary N) is 2. The van der Waals surface area contributed by atoms with E-state index in [4.69, 9.17) is 9.47 Å². The zero-order valence-electron chi connectivity index (χ0n) is 11.9. The standard InChI is InChI=1S/C14H21N3O3/c1-10-7-15-9-12(10)14(18)17-11-3-4-13(16-8-11)20-6-5-19-2/h3-4,8,10,12,15H,5-7,9H2,1-2H3,(H,17,18)/t10-,12-/m1/s1. The van der Waals surface area contributed by atoms with Crippen molar-refractivity contribution < 1.29 is 14.3 Å². The highest BCUT2D eigenvalue weighted by atomic mass is 16.5. The first kappa shape index (κ1) is 14.7. The maximum atomic E-state index is 12.1. The molecular formula is C14H21N3O3. The Morgan fingerprint density at radius 3 is 2.90 bits per heavy atom. The average Bonchev–Trinajstić information content (AvgIpc) is 2.87. The number of anilines is 1. The van der Waals surface area contributed by atoms with E-state index in [1.54, 1.807) is 25.4 Å². The van der Waals surface area contributed by atoms with Crippen LogP contribution in [0.15, 0.2) is 18.3 Å². The first-order valence-corrected chi connectivity index (χ1v) is 6.80. The van der Waals surface area contributed by atoms with Gasteiger partial charge < -0.3 is 20.1 Å². The van der Waals surface area contributed by atoms with Crippen molar-refractivity contribution in [2.24, 2.45) is 11.8 Å². The van der Waals surface area contributed by atoms with Crippen molar-refractivity contribution in [3.63, 3.8) is 0 Å². The fraction of sp³-hybridized carbons (Fsp3) is 0.571. The number of carbonyl (C=O) groups excluding carboxylic acids is 1. The molecule has 0 unspecified atom stereocenters. The maximum absolute atomic E-state index is 12.1. The number of amides is 1. The summed E-state index contributed by atoms with van der Waals surface area (Å²) in [6.07, 6.45) is 1.60. The van der Waals surface area contributed by atoms with Crippen LogP contribution in [0, 0.1) is 11.8 Å². The lowest BCUT2D eigenvalue weighted by Crippen LogP contribution is -2.27. The van der Waals surface area contributed by atoms with Crippen molar-refractivity contribution >= 4 is 11.6 Å². The first-order chi connectivity index (χ1) is 9.70. The Kier molecular flexibility index (Phi) is 5.31. The fourth-order valence-corrected chi connectivity index (χ4v) is 2.17. The molecule has 1 fully saturated rings. The van der Waals surface area contributed by atoms with Crippen LogP contribution in [-0.2, 0) is 9.53 Å². The summed E-state index contributed by atoms with van der Waals surface area (Å²) in [5, 5.41) is 6.11. The lowest BCUT2D eigenvalue weighted by Gasteiger charge is -2.14. The molecule has 1 aromatic rings. The molecule has 1 saturated heterocycles. The fourth-order valence-electron chi connectivity index (χ4n) is 2.17. The van der Waals surface area contributed by atoms with Crippen molar-refractivity contribution in [3.05, 3.63) is 18.3 Å². The Bertz CT molecular complexity index is 436. The third-order valence-electron chi connectivity index (χ3n) is 3.40. The highest BCUT2D eigenvalue weighted by Gasteiger charge is 2.29. The molecule has 1 aliphatic rings. The normalized spacial score (nSPS) is 21.7. The van der Waals surface area contributed by atoms with Gasteiger partial charge in [-0.15, -0.1) is 0 Å². The van der Waals surface area contributed by atoms with E-state index in [-0.39, 0.29) is 11.8 Å². The lowest BCUT2D eigenvalue weighted by atomic mass is 9.97. The monoisotopic (exact) mass is 279 g/mol. The number of methoxy groups -OCH3 is 1. The summed E-state index contributed by atoms with van der Waals surface area (Å²) < 4.78 is 10.3. The summed E-state index contributed by atoms with van der Waals surface area (Å²) >= 11 is 0. The van der Waals surface area contributed by atoms with Crippen molar-refractivity contribution in [2.45, 2.75) is 6.92 Å². The van der Waals surface area contributed by atoms with Gasteiger partial charge in [0.2, 0.25) is 11.8 Å². The minimum absolute atomic E-state index is 0.0210. The second-order valence-electron chi connectivity index (χ2n) is 4.96. The van der Waals surface area contributed by atoms with Gasteiger partial charge in [0.05, 0.1) is 24.4 Å². The molecule has 0 radical (unpaired) electrons. The number of hydrogen-bond acceptors (Lipinski definition) is 5. The molecule has 1 aromatic heterocycles. The Morgan fingerprint density at radius 1 is 1.45 bits per heavy atom. The summed E-state index contributed by atoms with van der Waals surface area (Å²) in [5.74, 6) is 0.945. The second kappa shape index (κ2) is 7.21. The zero-order chi connectivity index (χ0) is 14.4. The number of hydrogen-bond donors (Lipinski definition) is 2. The van der Waals surface area contributed by atoms with Crippen LogP contribution in [0.2, 0.25) is 0 Å². The molecule has 0 saturated carbocycles. The number of nitrogens with zero attached hydrogens (tertiary/aromatic N) is 1. The molecule has 0 aromatic carbocycles. The minimum atomic E-state index is 0.0210. The highest BCUT2D eigenvalue weighted by Crippen LogP contribution is 2.19. The molecule has 0 aliphatic carbocycles. The van der Waals surface area contributed by atoms with Crippen molar-refractivity contribution in [2.75, 3.05) is 38.7 Å². The third kappa shape index (κ3) is 3.91. The Morgan fingerprint density at radius 2 is 2.30 bits per heavy atom. The van der Waals surface area contributed by atoms with Crippen LogP contribution in [0.3, 0.4) is 0 Å². The molecular weight excluding hydrogens is 258 g/mol. The SMILES string of the molecule is COCCOc1ccc(NC(=O)[C@@H]2CNC[C@H]2C)cn1. The number of aromatic nitrogens is 1. The Labute approximate surface area is 118 Å². The van der Waals surface area contributed by atoms with Crippen LogP contribution in [0.5, 0.6) is 5.88 Å². The van der Waals surface area contributed by atoms with Gasteiger partial charge in [-0.3, -0.25) is 4.79 Å². The van der Waals surface area contributed by atoms with Gasteiger partial charge in [0.25, 0.3) is 0 Å². The van der Waals surface area contributed by atoms with E-state index in [1.807, 2.05) is 0 Å². The van der Waals surface area contributed by atoms with Crippen LogP contribution in [0.25, 0.3) is 0 Å². The molecule has 20 heavy (non-hydrogen) atoms. The van der Waals surface area contributed by atoms with E-state index < -0.39 is 0 Å². The van der Waals surface area contributed by atoms with Gasteiger partial charge in [-0.1, -0.05) is 6.92 Å². The largest absolute Gasteiger partial charge is 0.475 e. The van der Waals surface area contributed by atoms with E-state index in [2.05, 4.69) is 22.5 Å². The molecule has 0 spiro atoms. The van der Waals surface area contributed by atoms with Crippen LogP contribution >= 0.6 is 0 Å². The molecule has 2 rings (SSSR count). The van der Waals surface area contributed by atoms with Gasteiger partial charge in [0.15, 0.2) is 0 Å². The smallest absolute Gasteiger partial charge is 0.229 e. The van der Waals surface area contributed by atoms with E-state index in [0.717, 1.165) is 13.1 Å². The van der Waals surface area contributed by atoms with Crippen LogP contribution < -0.4 is 15.4 Å². The molecule has 1 aliphatic heterocycles. The zero-order valence-corrected chi connectivity index (χ0v) is 11.9. The quantitative estimate of drug-likeness (QED) is 0.757. The van der Waals surface area contributed by atoms with Crippen LogP contribution in [0.4, 0.5) is 5.69 Å². The number of rotatable bonds is 6. The summed E-state index contributed by atoms with van der Waals surface area (Å²) in [7, 11) is 1.62. The number of carbonyl (C=O) groups is 1. The van der Waals surface area contributed by atoms with Crippen LogP contribution in [0.1, 0.15) is 6.92 Å². The maximum Gasteiger partial charge on any atom is 0.229 e. The van der Waals surface area contributed by atoms with E-state index >= 15 is 0 Å². The Hall–Kier alpha value is -1.66. The summed E-state index contributed by atoms with van der Waals surface area (Å²) in [4.78, 5) is 16.2. The van der Waals surface area contributed by atoms with Gasteiger partial charge in [0.1, 0.15) is 6.61 Å². The van der Waals surface area contributed by atoms with E-state index in [9.17, 15) is 4.79 Å². The summed E-state index contributed by atoms with van der Waals surface area (Å²) in [6, 6.07) is 3.53. The molecule has 2 heterocycles. The van der Waals surface area contributed by atoms with Crippen molar-refractivity contribution in [1.82, 2.24) is 10.3 Å². The summed E-state index contributed by atoms with van der Waals surface area (Å²) in [6.45, 7) is 4.68. The predicted octanol–water partition coefficient (Wildman–Crippen LogP) is 0.901. The van der Waals surface area contributed by atoms with E-state index in [0.29, 0.717) is 30.7 Å². The third-order valence-corrected chi connectivity index (χ3v) is 3.40. The number of pyridine rings is 1. The lowest BCUT2D eigenvalue weighted by molar-refractivity contribution is -0.120. The molecule has 6 heteroatoms. The molecule has 0 bridgehead atoms. The average molecular weight is 279 g/mol. The topological polar surface area (TPSA) is 72.5 Å². The van der Waals surface area contributed by atoms with Gasteiger partial charge in [-0.25, -0.2) is 4.98 Å². The minimum Gasteiger partial charge on any atom is -0.475 e. The van der Waals surface area contributed by atoms with Crippen molar-refractivity contribution in [1.29, 1.82) is 0 Å². The van der Waals surface area contributed by atoms with E-state index in [1.165, 1.54) is 0 Å². The molecule has 2 N–H and O–H groups in total. The van der Waals surface area contributed by atoms with Crippen molar-refractivity contribution in [3.8, 4) is 5.88 Å². The van der Waals surface area contributed by atoms with Gasteiger partial charge >= 0.3 is 0 Å². The van der Waals surface area contributed by atoms with Gasteiger partial charge in [0, 0.05) is 19.7 Å². The highest BCUT2D eigenvalue weighted by molar-refractivity contribution is 5.92.